The number of ether oxygens (including phenoxy) is 1. The van der Waals surface area contributed by atoms with E-state index < -0.39 is 5.41 Å². The summed E-state index contributed by atoms with van der Waals surface area (Å²) in [4.78, 5) is 0. The molecule has 0 aliphatic heterocycles. The molecule has 1 aromatic rings. The van der Waals surface area contributed by atoms with Crippen LogP contribution in [-0.2, 0) is 10.8 Å². The van der Waals surface area contributed by atoms with Gasteiger partial charge in [0.05, 0.1) is 25.2 Å². The third-order valence-electron chi connectivity index (χ3n) is 4.19. The summed E-state index contributed by atoms with van der Waals surface area (Å²) in [5.41, 5.74) is 1.28. The fourth-order valence-electron chi connectivity index (χ4n) is 2.07. The van der Waals surface area contributed by atoms with Gasteiger partial charge < -0.3 is 20.1 Å². The minimum Gasteiger partial charge on any atom is -0.493 e. The monoisotopic (exact) mass is 324 g/mol. The lowest BCUT2D eigenvalue weighted by Crippen LogP contribution is -2.39. The summed E-state index contributed by atoms with van der Waals surface area (Å²) in [6.07, 6.45) is 0. The van der Waals surface area contributed by atoms with Crippen LogP contribution in [0.1, 0.15) is 52.7 Å². The largest absolute Gasteiger partial charge is 0.493 e. The number of hydrogen-bond acceptors (Lipinski definition) is 4. The zero-order valence-electron chi connectivity index (χ0n) is 15.3. The van der Waals surface area contributed by atoms with Crippen LogP contribution in [0, 0.1) is 5.41 Å². The molecule has 23 heavy (non-hydrogen) atoms. The Kier molecular flexibility index (Phi) is 6.25. The van der Waals surface area contributed by atoms with Crippen LogP contribution in [0.4, 0.5) is 0 Å². The van der Waals surface area contributed by atoms with Crippen LogP contribution in [0.5, 0.6) is 5.75 Å². The number of aliphatic hydroxyl groups is 3. The molecular weight excluding hydrogens is 292 g/mol. The van der Waals surface area contributed by atoms with Gasteiger partial charge in [0.2, 0.25) is 0 Å². The maximum absolute atomic E-state index is 9.42. The average Bonchev–Trinajstić information content (AvgIpc) is 2.47. The van der Waals surface area contributed by atoms with E-state index in [4.69, 9.17) is 4.74 Å². The second-order valence-corrected chi connectivity index (χ2v) is 8.51. The van der Waals surface area contributed by atoms with E-state index in [0.717, 1.165) is 0 Å². The zero-order valence-corrected chi connectivity index (χ0v) is 15.3. The Labute approximate surface area is 140 Å². The lowest BCUT2D eigenvalue weighted by Gasteiger charge is -2.29. The first kappa shape index (κ1) is 19.9. The SMILES string of the molecule is CC(C)(C)c1cc(OCC(CO)(CO)CO)cc(C(C)(C)C)c1. The molecule has 0 unspecified atom stereocenters. The molecular formula is C19H32O4. The molecule has 0 fully saturated rings. The van der Waals surface area contributed by atoms with Crippen molar-refractivity contribution in [1.29, 1.82) is 0 Å². The zero-order chi connectivity index (χ0) is 17.9. The van der Waals surface area contributed by atoms with E-state index in [1.165, 1.54) is 11.1 Å². The van der Waals surface area contributed by atoms with E-state index in [1.54, 1.807) is 0 Å². The van der Waals surface area contributed by atoms with Crippen molar-refractivity contribution in [2.75, 3.05) is 26.4 Å². The summed E-state index contributed by atoms with van der Waals surface area (Å²) >= 11 is 0. The van der Waals surface area contributed by atoms with Crippen molar-refractivity contribution < 1.29 is 20.1 Å². The fraction of sp³-hybridized carbons (Fsp3) is 0.684. The first-order valence-electron chi connectivity index (χ1n) is 8.09. The topological polar surface area (TPSA) is 69.9 Å². The third-order valence-corrected chi connectivity index (χ3v) is 4.19. The molecule has 1 aromatic carbocycles. The van der Waals surface area contributed by atoms with Crippen LogP contribution >= 0.6 is 0 Å². The maximum Gasteiger partial charge on any atom is 0.119 e. The van der Waals surface area contributed by atoms with Crippen LogP contribution < -0.4 is 4.74 Å². The van der Waals surface area contributed by atoms with Gasteiger partial charge in [-0.1, -0.05) is 47.6 Å². The van der Waals surface area contributed by atoms with E-state index >= 15 is 0 Å². The number of hydrogen-bond donors (Lipinski definition) is 3. The predicted octanol–water partition coefficient (Wildman–Crippen LogP) is 2.62. The number of aliphatic hydroxyl groups excluding tert-OH is 3. The molecule has 0 aromatic heterocycles. The molecule has 0 aliphatic rings. The van der Waals surface area contributed by atoms with Gasteiger partial charge >= 0.3 is 0 Å². The fourth-order valence-corrected chi connectivity index (χ4v) is 2.07. The Morgan fingerprint density at radius 3 is 1.43 bits per heavy atom. The summed E-state index contributed by atoms with van der Waals surface area (Å²) in [5, 5.41) is 28.3. The highest BCUT2D eigenvalue weighted by Crippen LogP contribution is 2.33. The van der Waals surface area contributed by atoms with Gasteiger partial charge in [0, 0.05) is 0 Å². The maximum atomic E-state index is 9.42. The minimum atomic E-state index is -1.03. The van der Waals surface area contributed by atoms with Gasteiger partial charge in [-0.25, -0.2) is 0 Å². The molecule has 0 radical (unpaired) electrons. The molecule has 0 bridgehead atoms. The smallest absolute Gasteiger partial charge is 0.119 e. The normalized spacial score (nSPS) is 13.3. The van der Waals surface area contributed by atoms with Crippen LogP contribution in [0.2, 0.25) is 0 Å². The van der Waals surface area contributed by atoms with Gasteiger partial charge in [-0.3, -0.25) is 0 Å². The lowest BCUT2D eigenvalue weighted by atomic mass is 9.80. The van der Waals surface area contributed by atoms with Gasteiger partial charge in [-0.15, -0.1) is 0 Å². The van der Waals surface area contributed by atoms with Gasteiger partial charge in [-0.2, -0.15) is 0 Å². The molecule has 3 N–H and O–H groups in total. The molecule has 0 heterocycles. The highest BCUT2D eigenvalue weighted by molar-refractivity contribution is 5.40. The summed E-state index contributed by atoms with van der Waals surface area (Å²) < 4.78 is 5.84. The molecule has 0 aliphatic carbocycles. The second-order valence-electron chi connectivity index (χ2n) is 8.51. The Bertz CT molecular complexity index is 465. The third kappa shape index (κ3) is 5.20. The summed E-state index contributed by atoms with van der Waals surface area (Å²) in [6, 6.07) is 6.18. The molecule has 0 spiro atoms. The quantitative estimate of drug-likeness (QED) is 0.752. The van der Waals surface area contributed by atoms with E-state index in [0.29, 0.717) is 5.75 Å². The Morgan fingerprint density at radius 2 is 1.13 bits per heavy atom. The van der Waals surface area contributed by atoms with E-state index in [-0.39, 0.29) is 37.3 Å². The summed E-state index contributed by atoms with van der Waals surface area (Å²) in [5.74, 6) is 0.696. The van der Waals surface area contributed by atoms with Crippen molar-refractivity contribution in [3.63, 3.8) is 0 Å². The van der Waals surface area contributed by atoms with Crippen molar-refractivity contribution in [2.45, 2.75) is 52.4 Å². The molecule has 4 nitrogen and oxygen atoms in total. The Hall–Kier alpha value is -1.10. The Balaban J connectivity index is 3.16. The van der Waals surface area contributed by atoms with Crippen molar-refractivity contribution >= 4 is 0 Å². The van der Waals surface area contributed by atoms with E-state index in [9.17, 15) is 15.3 Å². The van der Waals surface area contributed by atoms with Crippen molar-refractivity contribution in [1.82, 2.24) is 0 Å². The average molecular weight is 324 g/mol. The van der Waals surface area contributed by atoms with Crippen LogP contribution in [-0.4, -0.2) is 41.7 Å². The molecule has 1 rings (SSSR count). The first-order valence-corrected chi connectivity index (χ1v) is 8.09. The van der Waals surface area contributed by atoms with Gasteiger partial charge in [0.15, 0.2) is 0 Å². The van der Waals surface area contributed by atoms with Crippen molar-refractivity contribution in [2.24, 2.45) is 5.41 Å². The number of benzene rings is 1. The number of rotatable bonds is 6. The lowest BCUT2D eigenvalue weighted by molar-refractivity contribution is -0.0259. The van der Waals surface area contributed by atoms with E-state index in [1.807, 2.05) is 12.1 Å². The standard InChI is InChI=1S/C19H32O4/c1-17(2,3)14-7-15(18(4,5)6)9-16(8-14)23-13-19(10-20,11-21)12-22/h7-9,20-22H,10-13H2,1-6H3. The highest BCUT2D eigenvalue weighted by atomic mass is 16.5. The Morgan fingerprint density at radius 1 is 0.739 bits per heavy atom. The molecule has 4 heteroatoms. The molecule has 0 saturated carbocycles. The van der Waals surface area contributed by atoms with Gasteiger partial charge in [0.1, 0.15) is 12.4 Å². The van der Waals surface area contributed by atoms with E-state index in [2.05, 4.69) is 47.6 Å². The molecule has 0 amide bonds. The van der Waals surface area contributed by atoms with Crippen molar-refractivity contribution in [3.05, 3.63) is 29.3 Å². The van der Waals surface area contributed by atoms with Crippen molar-refractivity contribution in [3.8, 4) is 5.75 Å². The molecule has 0 atom stereocenters. The van der Waals surface area contributed by atoms with Crippen LogP contribution in [0.3, 0.4) is 0 Å². The van der Waals surface area contributed by atoms with Gasteiger partial charge in [-0.05, 0) is 34.1 Å². The van der Waals surface area contributed by atoms with Crippen LogP contribution in [0.25, 0.3) is 0 Å². The summed E-state index contributed by atoms with van der Waals surface area (Å²) in [6.45, 7) is 12.0. The minimum absolute atomic E-state index is 0.0125. The molecule has 0 saturated heterocycles. The first-order chi connectivity index (χ1) is 10.5. The van der Waals surface area contributed by atoms with Crippen LogP contribution in [0.15, 0.2) is 18.2 Å². The highest BCUT2D eigenvalue weighted by Gasteiger charge is 2.30. The van der Waals surface area contributed by atoms with Gasteiger partial charge in [0.25, 0.3) is 0 Å². The predicted molar refractivity (Wildman–Crippen MR) is 93.0 cm³/mol. The summed E-state index contributed by atoms with van der Waals surface area (Å²) in [7, 11) is 0. The second kappa shape index (κ2) is 7.20. The molecule has 132 valence electrons.